The van der Waals surface area contributed by atoms with Crippen LogP contribution in [0.3, 0.4) is 0 Å². The fourth-order valence-electron chi connectivity index (χ4n) is 2.34. The summed E-state index contributed by atoms with van der Waals surface area (Å²) in [6.45, 7) is 4.36. The van der Waals surface area contributed by atoms with Gasteiger partial charge < -0.3 is 5.32 Å². The van der Waals surface area contributed by atoms with E-state index in [0.29, 0.717) is 11.0 Å². The highest BCUT2D eigenvalue weighted by Crippen LogP contribution is 2.25. The maximum atomic E-state index is 12.1. The first kappa shape index (κ1) is 17.0. The molecule has 0 atom stereocenters. The summed E-state index contributed by atoms with van der Waals surface area (Å²) in [4.78, 5) is 16.1. The molecule has 0 fully saturated rings. The van der Waals surface area contributed by atoms with Crippen LogP contribution in [0.15, 0.2) is 48.8 Å². The van der Waals surface area contributed by atoms with Crippen molar-refractivity contribution in [1.82, 2.24) is 15.2 Å². The van der Waals surface area contributed by atoms with Crippen LogP contribution < -0.4 is 10.6 Å². The predicted molar refractivity (Wildman–Crippen MR) is 101 cm³/mol. The van der Waals surface area contributed by atoms with Crippen molar-refractivity contribution < 1.29 is 4.79 Å². The molecule has 25 heavy (non-hydrogen) atoms. The maximum Gasteiger partial charge on any atom is 0.325 e. The number of aromatic nitrogens is 3. The molecule has 6 nitrogen and oxygen atoms in total. The Morgan fingerprint density at radius 1 is 1.04 bits per heavy atom. The summed E-state index contributed by atoms with van der Waals surface area (Å²) in [6.07, 6.45) is 4.41. The highest BCUT2D eigenvalue weighted by molar-refractivity contribution is 7.18. The lowest BCUT2D eigenvalue weighted by atomic mass is 10.0. The van der Waals surface area contributed by atoms with Crippen LogP contribution in [0.2, 0.25) is 0 Å². The van der Waals surface area contributed by atoms with E-state index in [-0.39, 0.29) is 6.03 Å². The lowest BCUT2D eigenvalue weighted by Gasteiger charge is -2.08. The zero-order chi connectivity index (χ0) is 17.6. The van der Waals surface area contributed by atoms with Crippen molar-refractivity contribution in [2.24, 2.45) is 5.92 Å². The molecule has 0 saturated heterocycles. The lowest BCUT2D eigenvalue weighted by Crippen LogP contribution is -2.19. The molecule has 0 spiro atoms. The Hall–Kier alpha value is -2.80. The van der Waals surface area contributed by atoms with E-state index < -0.39 is 0 Å². The third-order valence-electron chi connectivity index (χ3n) is 3.43. The van der Waals surface area contributed by atoms with Crippen LogP contribution in [0.1, 0.15) is 19.4 Å². The van der Waals surface area contributed by atoms with Gasteiger partial charge in [-0.1, -0.05) is 37.3 Å². The number of carbonyl (C=O) groups excluding carboxylic acids is 1. The number of amides is 2. The van der Waals surface area contributed by atoms with Crippen LogP contribution in [0, 0.1) is 5.92 Å². The van der Waals surface area contributed by atoms with Gasteiger partial charge in [0.2, 0.25) is 5.13 Å². The Morgan fingerprint density at radius 2 is 1.76 bits per heavy atom. The van der Waals surface area contributed by atoms with Crippen molar-refractivity contribution in [2.75, 3.05) is 10.6 Å². The van der Waals surface area contributed by atoms with Gasteiger partial charge in [0.25, 0.3) is 0 Å². The summed E-state index contributed by atoms with van der Waals surface area (Å²) in [7, 11) is 0. The van der Waals surface area contributed by atoms with Crippen LogP contribution in [0.4, 0.5) is 15.6 Å². The van der Waals surface area contributed by atoms with Crippen molar-refractivity contribution in [2.45, 2.75) is 20.3 Å². The first-order chi connectivity index (χ1) is 12.1. The van der Waals surface area contributed by atoms with Crippen molar-refractivity contribution in [3.05, 3.63) is 54.4 Å². The topological polar surface area (TPSA) is 79.8 Å². The molecule has 128 valence electrons. The van der Waals surface area contributed by atoms with Crippen LogP contribution in [-0.2, 0) is 6.42 Å². The normalized spacial score (nSPS) is 10.7. The summed E-state index contributed by atoms with van der Waals surface area (Å²) in [5.41, 5.74) is 2.91. The molecule has 0 aliphatic heterocycles. The Labute approximate surface area is 150 Å². The fourth-order valence-corrected chi connectivity index (χ4v) is 3.08. The zero-order valence-corrected chi connectivity index (χ0v) is 14.9. The van der Waals surface area contributed by atoms with Crippen LogP contribution in [-0.4, -0.2) is 21.2 Å². The minimum absolute atomic E-state index is 0.339. The number of benzene rings is 1. The van der Waals surface area contributed by atoms with Crippen LogP contribution >= 0.6 is 11.3 Å². The van der Waals surface area contributed by atoms with Gasteiger partial charge in [-0.25, -0.2) is 4.79 Å². The summed E-state index contributed by atoms with van der Waals surface area (Å²) < 4.78 is 0. The van der Waals surface area contributed by atoms with E-state index in [4.69, 9.17) is 0 Å². The Kier molecular flexibility index (Phi) is 5.35. The molecule has 0 bridgehead atoms. The van der Waals surface area contributed by atoms with E-state index >= 15 is 0 Å². The first-order valence-electron chi connectivity index (χ1n) is 8.01. The molecule has 2 amide bonds. The molecule has 3 aromatic rings. The molecule has 2 heterocycles. The van der Waals surface area contributed by atoms with Crippen LogP contribution in [0.5, 0.6) is 0 Å². The Balaban J connectivity index is 1.58. The summed E-state index contributed by atoms with van der Waals surface area (Å²) >= 11 is 1.31. The van der Waals surface area contributed by atoms with E-state index in [9.17, 15) is 4.79 Å². The number of anilines is 2. The van der Waals surface area contributed by atoms with Gasteiger partial charge in [-0.05, 0) is 42.2 Å². The van der Waals surface area contributed by atoms with Gasteiger partial charge in [-0.2, -0.15) is 0 Å². The van der Waals surface area contributed by atoms with Gasteiger partial charge in [0, 0.05) is 23.6 Å². The zero-order valence-electron chi connectivity index (χ0n) is 14.1. The highest BCUT2D eigenvalue weighted by atomic mass is 32.1. The number of nitrogens with zero attached hydrogens (tertiary/aromatic N) is 3. The largest absolute Gasteiger partial charge is 0.325 e. The van der Waals surface area contributed by atoms with Gasteiger partial charge in [0.1, 0.15) is 5.01 Å². The number of pyridine rings is 1. The quantitative estimate of drug-likeness (QED) is 0.710. The van der Waals surface area contributed by atoms with Crippen molar-refractivity contribution in [1.29, 1.82) is 0 Å². The van der Waals surface area contributed by atoms with E-state index in [1.807, 2.05) is 36.4 Å². The summed E-state index contributed by atoms with van der Waals surface area (Å²) in [5, 5.41) is 14.8. The van der Waals surface area contributed by atoms with Gasteiger partial charge in [0.15, 0.2) is 0 Å². The van der Waals surface area contributed by atoms with E-state index in [2.05, 4.69) is 39.7 Å². The average molecular weight is 353 g/mol. The average Bonchev–Trinajstić information content (AvgIpc) is 3.05. The predicted octanol–water partition coefficient (Wildman–Crippen LogP) is 4.44. The molecular weight excluding hydrogens is 334 g/mol. The lowest BCUT2D eigenvalue weighted by molar-refractivity contribution is 0.262. The number of carbonyl (C=O) groups is 1. The number of hydrogen-bond acceptors (Lipinski definition) is 5. The molecule has 0 unspecified atom stereocenters. The number of nitrogens with one attached hydrogen (secondary N) is 2. The maximum absolute atomic E-state index is 12.1. The molecule has 0 radical (unpaired) electrons. The smallest absolute Gasteiger partial charge is 0.308 e. The Bertz CT molecular complexity index is 830. The van der Waals surface area contributed by atoms with Gasteiger partial charge in [0.05, 0.1) is 0 Å². The molecule has 3 rings (SSSR count). The van der Waals surface area contributed by atoms with E-state index in [1.54, 1.807) is 12.4 Å². The number of hydrogen-bond donors (Lipinski definition) is 2. The minimum Gasteiger partial charge on any atom is -0.308 e. The fraction of sp³-hybridized carbons (Fsp3) is 0.222. The molecule has 2 aromatic heterocycles. The number of rotatable bonds is 5. The first-order valence-corrected chi connectivity index (χ1v) is 8.82. The molecule has 0 saturated carbocycles. The van der Waals surface area contributed by atoms with E-state index in [0.717, 1.165) is 22.7 Å². The van der Waals surface area contributed by atoms with Gasteiger partial charge >= 0.3 is 6.03 Å². The third-order valence-corrected chi connectivity index (χ3v) is 4.32. The molecule has 1 aromatic carbocycles. The SMILES string of the molecule is CC(C)Cc1ccc(NC(=O)Nc2nnc(-c3ccncc3)s2)cc1. The van der Waals surface area contributed by atoms with E-state index in [1.165, 1.54) is 16.9 Å². The number of urea groups is 1. The second-order valence-electron chi connectivity index (χ2n) is 6.02. The molecule has 0 aliphatic carbocycles. The van der Waals surface area contributed by atoms with Crippen LogP contribution in [0.25, 0.3) is 10.6 Å². The van der Waals surface area contributed by atoms with Crippen molar-refractivity contribution in [3.8, 4) is 10.6 Å². The second-order valence-corrected chi connectivity index (χ2v) is 7.00. The molecule has 7 heteroatoms. The molecule has 2 N–H and O–H groups in total. The van der Waals surface area contributed by atoms with Crippen molar-refractivity contribution in [3.63, 3.8) is 0 Å². The minimum atomic E-state index is -0.339. The Morgan fingerprint density at radius 3 is 2.44 bits per heavy atom. The standard InChI is InChI=1S/C18H19N5OS/c1-12(2)11-13-3-5-15(6-4-13)20-17(24)21-18-23-22-16(25-18)14-7-9-19-10-8-14/h3-10,12H,11H2,1-2H3,(H2,20,21,23,24). The second kappa shape index (κ2) is 7.85. The van der Waals surface area contributed by atoms with Crippen molar-refractivity contribution >= 4 is 28.2 Å². The summed E-state index contributed by atoms with van der Waals surface area (Å²) in [5.74, 6) is 0.606. The van der Waals surface area contributed by atoms with Gasteiger partial charge in [-0.3, -0.25) is 10.3 Å². The van der Waals surface area contributed by atoms with Gasteiger partial charge in [-0.15, -0.1) is 10.2 Å². The summed E-state index contributed by atoms with van der Waals surface area (Å²) in [6, 6.07) is 11.2. The monoisotopic (exact) mass is 353 g/mol. The third kappa shape index (κ3) is 4.84. The highest BCUT2D eigenvalue weighted by Gasteiger charge is 2.10. The molecular formula is C18H19N5OS. The molecule has 0 aliphatic rings.